The highest BCUT2D eigenvalue weighted by Gasteiger charge is 2.10. The van der Waals surface area contributed by atoms with E-state index in [-0.39, 0.29) is 5.78 Å². The predicted octanol–water partition coefficient (Wildman–Crippen LogP) is 3.89. The molecule has 0 aliphatic heterocycles. The minimum atomic E-state index is 0.0211. The van der Waals surface area contributed by atoms with Gasteiger partial charge in [0.2, 0.25) is 5.13 Å². The number of anilines is 1. The first-order valence-corrected chi connectivity index (χ1v) is 7.92. The van der Waals surface area contributed by atoms with Crippen molar-refractivity contribution in [2.24, 2.45) is 5.10 Å². The summed E-state index contributed by atoms with van der Waals surface area (Å²) in [7, 11) is 0. The molecule has 2 rings (SSSR count). The summed E-state index contributed by atoms with van der Waals surface area (Å²) >= 11 is 1.31. The number of ketones is 1. The number of hydrazone groups is 1. The van der Waals surface area contributed by atoms with Crippen molar-refractivity contribution in [3.05, 3.63) is 40.4 Å². The second-order valence-electron chi connectivity index (χ2n) is 4.78. The van der Waals surface area contributed by atoms with Crippen molar-refractivity contribution in [1.82, 2.24) is 4.98 Å². The van der Waals surface area contributed by atoms with Gasteiger partial charge in [-0.1, -0.05) is 30.4 Å². The molecule has 1 aromatic heterocycles. The van der Waals surface area contributed by atoms with Gasteiger partial charge in [0.1, 0.15) is 5.75 Å². The zero-order chi connectivity index (χ0) is 15.9. The van der Waals surface area contributed by atoms with Crippen LogP contribution in [0.2, 0.25) is 0 Å². The van der Waals surface area contributed by atoms with Crippen LogP contribution in [0.1, 0.15) is 41.2 Å². The van der Waals surface area contributed by atoms with Crippen molar-refractivity contribution in [2.45, 2.75) is 27.2 Å². The molecule has 0 radical (unpaired) electrons. The molecule has 2 aromatic rings. The first kappa shape index (κ1) is 16.2. The molecule has 5 nitrogen and oxygen atoms in total. The Bertz CT molecular complexity index is 680. The van der Waals surface area contributed by atoms with Crippen LogP contribution >= 0.6 is 11.3 Å². The van der Waals surface area contributed by atoms with Gasteiger partial charge in [-0.15, -0.1) is 0 Å². The average Bonchev–Trinajstić information content (AvgIpc) is 2.87. The zero-order valence-electron chi connectivity index (χ0n) is 12.9. The molecular formula is C16H19N3O2S. The summed E-state index contributed by atoms with van der Waals surface area (Å²) in [6.07, 6.45) is 2.67. The van der Waals surface area contributed by atoms with Crippen LogP contribution in [0.15, 0.2) is 29.4 Å². The maximum Gasteiger partial charge on any atom is 0.204 e. The van der Waals surface area contributed by atoms with E-state index in [0.717, 1.165) is 23.4 Å². The molecule has 0 fully saturated rings. The second kappa shape index (κ2) is 7.70. The minimum absolute atomic E-state index is 0.0211. The van der Waals surface area contributed by atoms with Crippen molar-refractivity contribution in [2.75, 3.05) is 12.0 Å². The van der Waals surface area contributed by atoms with E-state index in [1.807, 2.05) is 31.2 Å². The summed E-state index contributed by atoms with van der Waals surface area (Å²) in [4.78, 5) is 16.3. The summed E-state index contributed by atoms with van der Waals surface area (Å²) in [6.45, 7) is 6.12. The monoisotopic (exact) mass is 317 g/mol. The number of carbonyl (C=O) groups excluding carboxylic acids is 1. The van der Waals surface area contributed by atoms with Crippen molar-refractivity contribution < 1.29 is 9.53 Å². The van der Waals surface area contributed by atoms with E-state index in [4.69, 9.17) is 4.74 Å². The number of Topliss-reactive ketones (excluding diaryl/α,β-unsaturated/α-hetero) is 1. The summed E-state index contributed by atoms with van der Waals surface area (Å²) in [6, 6.07) is 7.71. The third-order valence-electron chi connectivity index (χ3n) is 2.82. The first-order chi connectivity index (χ1) is 10.6. The standard InChI is InChI=1S/C16H19N3O2S/c1-4-8-21-14-7-5-6-13(9-14)10-17-19-16-18-11(2)15(22-16)12(3)20/h5-7,9-10H,4,8H2,1-3H3,(H,18,19)/b17-10+. The van der Waals surface area contributed by atoms with E-state index >= 15 is 0 Å². The maximum atomic E-state index is 11.4. The van der Waals surface area contributed by atoms with Gasteiger partial charge in [0.15, 0.2) is 5.78 Å². The lowest BCUT2D eigenvalue weighted by molar-refractivity contribution is 0.102. The molecule has 0 saturated heterocycles. The van der Waals surface area contributed by atoms with E-state index in [1.165, 1.54) is 18.3 Å². The van der Waals surface area contributed by atoms with E-state index in [0.29, 0.717) is 16.6 Å². The number of aryl methyl sites for hydroxylation is 1. The van der Waals surface area contributed by atoms with Crippen LogP contribution in [0.25, 0.3) is 0 Å². The molecule has 22 heavy (non-hydrogen) atoms. The lowest BCUT2D eigenvalue weighted by Crippen LogP contribution is -1.96. The van der Waals surface area contributed by atoms with Gasteiger partial charge in [-0.3, -0.25) is 10.2 Å². The third kappa shape index (κ3) is 4.39. The molecule has 1 N–H and O–H groups in total. The van der Waals surface area contributed by atoms with Crippen LogP contribution < -0.4 is 10.2 Å². The Labute approximate surface area is 134 Å². The molecule has 0 spiro atoms. The third-order valence-corrected chi connectivity index (χ3v) is 3.98. The number of hydrogen-bond donors (Lipinski definition) is 1. The molecule has 0 saturated carbocycles. The van der Waals surface area contributed by atoms with Crippen molar-refractivity contribution in [3.8, 4) is 5.75 Å². The first-order valence-electron chi connectivity index (χ1n) is 7.10. The Hall–Kier alpha value is -2.21. The molecule has 0 aliphatic rings. The number of nitrogens with one attached hydrogen (secondary N) is 1. The molecule has 6 heteroatoms. The van der Waals surface area contributed by atoms with Crippen LogP contribution in [0.5, 0.6) is 5.75 Å². The average molecular weight is 317 g/mol. The van der Waals surface area contributed by atoms with Crippen LogP contribution in [0.3, 0.4) is 0 Å². The highest BCUT2D eigenvalue weighted by Crippen LogP contribution is 2.22. The summed E-state index contributed by atoms with van der Waals surface area (Å²) in [5.41, 5.74) is 4.51. The zero-order valence-corrected chi connectivity index (χ0v) is 13.7. The number of benzene rings is 1. The van der Waals surface area contributed by atoms with Gasteiger partial charge in [0, 0.05) is 6.92 Å². The van der Waals surface area contributed by atoms with E-state index in [9.17, 15) is 4.79 Å². The van der Waals surface area contributed by atoms with E-state index in [2.05, 4.69) is 22.4 Å². The second-order valence-corrected chi connectivity index (χ2v) is 5.78. The molecule has 0 aliphatic carbocycles. The summed E-state index contributed by atoms with van der Waals surface area (Å²) in [5, 5.41) is 4.76. The molecule has 0 bridgehead atoms. The van der Waals surface area contributed by atoms with Crippen molar-refractivity contribution >= 4 is 28.5 Å². The highest BCUT2D eigenvalue weighted by molar-refractivity contribution is 7.17. The fourth-order valence-electron chi connectivity index (χ4n) is 1.84. The number of rotatable bonds is 7. The van der Waals surface area contributed by atoms with Crippen molar-refractivity contribution in [3.63, 3.8) is 0 Å². The smallest absolute Gasteiger partial charge is 0.204 e. The number of carbonyl (C=O) groups is 1. The molecule has 0 amide bonds. The van der Waals surface area contributed by atoms with Gasteiger partial charge in [0.25, 0.3) is 0 Å². The van der Waals surface area contributed by atoms with Crippen LogP contribution in [0.4, 0.5) is 5.13 Å². The van der Waals surface area contributed by atoms with Crippen molar-refractivity contribution in [1.29, 1.82) is 0 Å². The molecular weight excluding hydrogens is 298 g/mol. The van der Waals surface area contributed by atoms with Crippen LogP contribution in [0, 0.1) is 6.92 Å². The number of aromatic nitrogens is 1. The van der Waals surface area contributed by atoms with Gasteiger partial charge in [-0.25, -0.2) is 4.98 Å². The maximum absolute atomic E-state index is 11.4. The van der Waals surface area contributed by atoms with Crippen LogP contribution in [-0.4, -0.2) is 23.6 Å². The quantitative estimate of drug-likeness (QED) is 0.478. The topological polar surface area (TPSA) is 63.6 Å². The Morgan fingerprint density at radius 2 is 2.32 bits per heavy atom. The molecule has 1 aromatic carbocycles. The molecule has 0 atom stereocenters. The largest absolute Gasteiger partial charge is 0.494 e. The lowest BCUT2D eigenvalue weighted by atomic mass is 10.2. The van der Waals surface area contributed by atoms with E-state index < -0.39 is 0 Å². The number of hydrogen-bond acceptors (Lipinski definition) is 6. The molecule has 116 valence electrons. The summed E-state index contributed by atoms with van der Waals surface area (Å²) < 4.78 is 5.58. The minimum Gasteiger partial charge on any atom is -0.494 e. The number of ether oxygens (including phenoxy) is 1. The van der Waals surface area contributed by atoms with Crippen LogP contribution in [-0.2, 0) is 0 Å². The Kier molecular flexibility index (Phi) is 5.66. The lowest BCUT2D eigenvalue weighted by Gasteiger charge is -2.04. The van der Waals surface area contributed by atoms with Gasteiger partial charge < -0.3 is 4.74 Å². The van der Waals surface area contributed by atoms with Gasteiger partial charge in [-0.05, 0) is 31.0 Å². The fourth-order valence-corrected chi connectivity index (χ4v) is 2.65. The number of thiazole rings is 1. The normalized spacial score (nSPS) is 10.9. The van der Waals surface area contributed by atoms with Gasteiger partial charge in [-0.2, -0.15) is 5.10 Å². The predicted molar refractivity (Wildman–Crippen MR) is 90.3 cm³/mol. The Balaban J connectivity index is 2.00. The van der Waals surface area contributed by atoms with E-state index in [1.54, 1.807) is 6.21 Å². The SMILES string of the molecule is CCCOc1cccc(/C=N/Nc2nc(C)c(C(C)=O)s2)c1. The van der Waals surface area contributed by atoms with Gasteiger partial charge in [0.05, 0.1) is 23.4 Å². The Morgan fingerprint density at radius 1 is 1.50 bits per heavy atom. The molecule has 1 heterocycles. The van der Waals surface area contributed by atoms with Gasteiger partial charge >= 0.3 is 0 Å². The Morgan fingerprint density at radius 3 is 3.00 bits per heavy atom. The molecule has 0 unspecified atom stereocenters. The number of nitrogens with zero attached hydrogens (tertiary/aromatic N) is 2. The summed E-state index contributed by atoms with van der Waals surface area (Å²) in [5.74, 6) is 0.850. The highest BCUT2D eigenvalue weighted by atomic mass is 32.1. The fraction of sp³-hybridized carbons (Fsp3) is 0.312.